The molecule has 0 bridgehead atoms. The van der Waals surface area contributed by atoms with Gasteiger partial charge in [0.15, 0.2) is 0 Å². The fourth-order valence-electron chi connectivity index (χ4n) is 2.59. The van der Waals surface area contributed by atoms with E-state index in [9.17, 15) is 8.42 Å². The second-order valence-corrected chi connectivity index (χ2v) is 8.57. The van der Waals surface area contributed by atoms with Crippen molar-refractivity contribution in [1.82, 2.24) is 4.31 Å². The van der Waals surface area contributed by atoms with Crippen molar-refractivity contribution in [1.29, 1.82) is 0 Å². The zero-order valence-electron chi connectivity index (χ0n) is 13.8. The summed E-state index contributed by atoms with van der Waals surface area (Å²) >= 11 is 12.0. The van der Waals surface area contributed by atoms with Gasteiger partial charge in [-0.25, -0.2) is 8.42 Å². The Morgan fingerprint density at radius 3 is 1.65 bits per heavy atom. The standard InChI is InChI=1S/C20H17Cl2NO2S/c21-19-12-11-18(13-20(19)22)26(24,25)23(14-16-7-3-1-4-8-16)15-17-9-5-2-6-10-17/h1-13H,14-15H2. The SMILES string of the molecule is O=S(=O)(c1ccc(Cl)c(Cl)c1)N(Cc1ccccc1)Cc1ccccc1. The molecule has 3 aromatic rings. The van der Waals surface area contributed by atoms with Gasteiger partial charge < -0.3 is 0 Å². The van der Waals surface area contributed by atoms with Gasteiger partial charge in [0.05, 0.1) is 14.9 Å². The van der Waals surface area contributed by atoms with Crippen molar-refractivity contribution in [2.45, 2.75) is 18.0 Å². The minimum atomic E-state index is -3.75. The van der Waals surface area contributed by atoms with Crippen LogP contribution in [0.4, 0.5) is 0 Å². The van der Waals surface area contributed by atoms with E-state index in [4.69, 9.17) is 23.2 Å². The smallest absolute Gasteiger partial charge is 0.207 e. The molecule has 0 atom stereocenters. The molecule has 26 heavy (non-hydrogen) atoms. The van der Waals surface area contributed by atoms with Crippen LogP contribution in [0.5, 0.6) is 0 Å². The zero-order valence-corrected chi connectivity index (χ0v) is 16.2. The van der Waals surface area contributed by atoms with E-state index >= 15 is 0 Å². The molecule has 3 rings (SSSR count). The first-order valence-electron chi connectivity index (χ1n) is 8.00. The summed E-state index contributed by atoms with van der Waals surface area (Å²) < 4.78 is 27.9. The Bertz CT molecular complexity index is 936. The average molecular weight is 406 g/mol. The summed E-state index contributed by atoms with van der Waals surface area (Å²) in [6.07, 6.45) is 0. The lowest BCUT2D eigenvalue weighted by molar-refractivity contribution is 0.401. The molecule has 0 aliphatic carbocycles. The van der Waals surface area contributed by atoms with Crippen molar-refractivity contribution in [3.05, 3.63) is 100 Å². The number of hydrogen-bond acceptors (Lipinski definition) is 2. The predicted molar refractivity (Wildman–Crippen MR) is 106 cm³/mol. The summed E-state index contributed by atoms with van der Waals surface area (Å²) in [5.41, 5.74) is 1.82. The molecule has 0 N–H and O–H groups in total. The summed E-state index contributed by atoms with van der Waals surface area (Å²) in [5.74, 6) is 0. The van der Waals surface area contributed by atoms with Gasteiger partial charge >= 0.3 is 0 Å². The molecular weight excluding hydrogens is 389 g/mol. The van der Waals surface area contributed by atoms with Crippen molar-refractivity contribution < 1.29 is 8.42 Å². The molecule has 0 unspecified atom stereocenters. The summed E-state index contributed by atoms with van der Waals surface area (Å²) in [6, 6.07) is 23.4. The lowest BCUT2D eigenvalue weighted by Gasteiger charge is -2.23. The maximum Gasteiger partial charge on any atom is 0.243 e. The molecule has 0 aliphatic heterocycles. The van der Waals surface area contributed by atoms with Crippen molar-refractivity contribution in [3.8, 4) is 0 Å². The molecule has 3 aromatic carbocycles. The van der Waals surface area contributed by atoms with Gasteiger partial charge in [0.1, 0.15) is 0 Å². The third-order valence-electron chi connectivity index (χ3n) is 3.93. The Morgan fingerprint density at radius 1 is 0.692 bits per heavy atom. The Balaban J connectivity index is 1.99. The number of rotatable bonds is 6. The van der Waals surface area contributed by atoms with Crippen LogP contribution in [0.3, 0.4) is 0 Å². The van der Waals surface area contributed by atoms with Crippen LogP contribution in [0.1, 0.15) is 11.1 Å². The van der Waals surface area contributed by atoms with Gasteiger partial charge in [0.2, 0.25) is 10.0 Å². The van der Waals surface area contributed by atoms with Crippen LogP contribution in [0.2, 0.25) is 10.0 Å². The van der Waals surface area contributed by atoms with Crippen LogP contribution in [-0.2, 0) is 23.1 Å². The van der Waals surface area contributed by atoms with E-state index in [1.54, 1.807) is 0 Å². The minimum Gasteiger partial charge on any atom is -0.207 e. The van der Waals surface area contributed by atoms with Crippen molar-refractivity contribution in [3.63, 3.8) is 0 Å². The van der Waals surface area contributed by atoms with Gasteiger partial charge in [0.25, 0.3) is 0 Å². The van der Waals surface area contributed by atoms with E-state index in [1.165, 1.54) is 22.5 Å². The third-order valence-corrected chi connectivity index (χ3v) is 6.46. The number of benzene rings is 3. The minimum absolute atomic E-state index is 0.124. The molecule has 0 aromatic heterocycles. The summed E-state index contributed by atoms with van der Waals surface area (Å²) in [6.45, 7) is 0.524. The topological polar surface area (TPSA) is 37.4 Å². The Labute approximate surface area is 163 Å². The van der Waals surface area contributed by atoms with Crippen LogP contribution in [0.25, 0.3) is 0 Å². The van der Waals surface area contributed by atoms with Crippen molar-refractivity contribution >= 4 is 33.2 Å². The first-order chi connectivity index (χ1) is 12.5. The highest BCUT2D eigenvalue weighted by Crippen LogP contribution is 2.28. The van der Waals surface area contributed by atoms with Gasteiger partial charge in [0, 0.05) is 13.1 Å². The molecule has 0 spiro atoms. The molecule has 0 aliphatic rings. The highest BCUT2D eigenvalue weighted by molar-refractivity contribution is 7.89. The van der Waals surface area contributed by atoms with E-state index in [0.29, 0.717) is 5.02 Å². The van der Waals surface area contributed by atoms with E-state index in [2.05, 4.69) is 0 Å². The third kappa shape index (κ3) is 4.46. The molecule has 0 heterocycles. The lowest BCUT2D eigenvalue weighted by Crippen LogP contribution is -2.30. The largest absolute Gasteiger partial charge is 0.243 e. The summed E-state index contributed by atoms with van der Waals surface area (Å²) in [4.78, 5) is 0.124. The maximum atomic E-state index is 13.2. The van der Waals surface area contributed by atoms with Crippen LogP contribution < -0.4 is 0 Å². The highest BCUT2D eigenvalue weighted by atomic mass is 35.5. The Kier molecular flexibility index (Phi) is 5.99. The number of sulfonamides is 1. The van der Waals surface area contributed by atoms with Crippen LogP contribution >= 0.6 is 23.2 Å². The molecule has 134 valence electrons. The molecule has 0 saturated carbocycles. The van der Waals surface area contributed by atoms with Crippen LogP contribution in [0, 0.1) is 0 Å². The Hall–Kier alpha value is -1.85. The highest BCUT2D eigenvalue weighted by Gasteiger charge is 2.25. The van der Waals surface area contributed by atoms with E-state index in [-0.39, 0.29) is 23.0 Å². The Morgan fingerprint density at radius 2 is 1.19 bits per heavy atom. The monoisotopic (exact) mass is 405 g/mol. The van der Waals surface area contributed by atoms with Gasteiger partial charge in [-0.2, -0.15) is 4.31 Å². The lowest BCUT2D eigenvalue weighted by atomic mass is 10.2. The van der Waals surface area contributed by atoms with Gasteiger partial charge in [-0.15, -0.1) is 0 Å². The van der Waals surface area contributed by atoms with Crippen LogP contribution in [-0.4, -0.2) is 12.7 Å². The van der Waals surface area contributed by atoms with Gasteiger partial charge in [-0.05, 0) is 29.3 Å². The number of halogens is 2. The van der Waals surface area contributed by atoms with E-state index < -0.39 is 10.0 Å². The van der Waals surface area contributed by atoms with E-state index in [0.717, 1.165) is 11.1 Å². The predicted octanol–water partition coefficient (Wildman–Crippen LogP) is 5.38. The quantitative estimate of drug-likeness (QED) is 0.551. The maximum absolute atomic E-state index is 13.2. The molecule has 3 nitrogen and oxygen atoms in total. The second kappa shape index (κ2) is 8.23. The van der Waals surface area contributed by atoms with Crippen molar-refractivity contribution in [2.75, 3.05) is 0 Å². The van der Waals surface area contributed by atoms with E-state index in [1.807, 2.05) is 60.7 Å². The molecule has 0 amide bonds. The second-order valence-electron chi connectivity index (χ2n) is 5.82. The van der Waals surface area contributed by atoms with Crippen LogP contribution in [0.15, 0.2) is 83.8 Å². The first kappa shape index (κ1) is 18.9. The molecule has 0 saturated heterocycles. The zero-order chi connectivity index (χ0) is 18.6. The fraction of sp³-hybridized carbons (Fsp3) is 0.100. The first-order valence-corrected chi connectivity index (χ1v) is 10.2. The molecule has 0 radical (unpaired) electrons. The van der Waals surface area contributed by atoms with Crippen molar-refractivity contribution in [2.24, 2.45) is 0 Å². The molecular formula is C20H17Cl2NO2S. The van der Waals surface area contributed by atoms with Gasteiger partial charge in [-0.1, -0.05) is 83.9 Å². The summed E-state index contributed by atoms with van der Waals surface area (Å²) in [7, 11) is -3.75. The number of hydrogen-bond donors (Lipinski definition) is 0. The average Bonchev–Trinajstić information content (AvgIpc) is 2.65. The van der Waals surface area contributed by atoms with Gasteiger partial charge in [-0.3, -0.25) is 0 Å². The molecule has 6 heteroatoms. The molecule has 0 fully saturated rings. The number of nitrogens with zero attached hydrogens (tertiary/aromatic N) is 1. The normalized spacial score (nSPS) is 11.7. The fourth-order valence-corrected chi connectivity index (χ4v) is 4.39. The summed E-state index contributed by atoms with van der Waals surface area (Å²) in [5, 5.41) is 0.537.